The Hall–Kier alpha value is -8.41. The molecule has 1 aliphatic rings. The highest BCUT2D eigenvalue weighted by atomic mass is 16.3. The molecular formula is C61H44N4O. The molecule has 11 aromatic rings. The van der Waals surface area contributed by atoms with Crippen LogP contribution in [0.1, 0.15) is 37.5 Å². The Bertz CT molecular complexity index is 3800. The first-order valence-electron chi connectivity index (χ1n) is 22.5. The van der Waals surface area contributed by atoms with E-state index >= 15 is 0 Å². The van der Waals surface area contributed by atoms with E-state index in [1.807, 2.05) is 66.7 Å². The quantitative estimate of drug-likeness (QED) is 0.160. The Kier molecular flexibility index (Phi) is 9.14. The molecule has 0 bridgehead atoms. The van der Waals surface area contributed by atoms with Gasteiger partial charge in [0.25, 0.3) is 0 Å². The van der Waals surface area contributed by atoms with E-state index in [1.165, 1.54) is 22.3 Å². The summed E-state index contributed by atoms with van der Waals surface area (Å²) in [4.78, 5) is 15.2. The summed E-state index contributed by atoms with van der Waals surface area (Å²) in [6, 6.07) is 65.6. The molecule has 1 aliphatic carbocycles. The van der Waals surface area contributed by atoms with Crippen molar-refractivity contribution in [1.29, 1.82) is 0 Å². The highest BCUT2D eigenvalue weighted by Gasteiger charge is 2.36. The Morgan fingerprint density at radius 1 is 0.530 bits per heavy atom. The molecule has 0 N–H and O–H groups in total. The van der Waals surface area contributed by atoms with E-state index in [1.54, 1.807) is 0 Å². The van der Waals surface area contributed by atoms with E-state index in [9.17, 15) is 0 Å². The average Bonchev–Trinajstić information content (AvgIpc) is 3.96. The molecule has 12 rings (SSSR count). The molecule has 3 aromatic heterocycles. The van der Waals surface area contributed by atoms with Crippen LogP contribution in [0.15, 0.2) is 199 Å². The topological polar surface area (TPSA) is 56.7 Å². The van der Waals surface area contributed by atoms with Gasteiger partial charge < -0.3 is 8.98 Å². The molecule has 5 heteroatoms. The number of allylic oxidation sites excluding steroid dienone is 2. The van der Waals surface area contributed by atoms with Gasteiger partial charge in [-0.25, -0.2) is 15.0 Å². The van der Waals surface area contributed by atoms with E-state index in [0.29, 0.717) is 17.5 Å². The molecule has 0 atom stereocenters. The number of fused-ring (bicyclic) bond motifs is 7. The van der Waals surface area contributed by atoms with E-state index in [2.05, 4.69) is 159 Å². The van der Waals surface area contributed by atoms with Crippen LogP contribution >= 0.6 is 0 Å². The minimum absolute atomic E-state index is 0.115. The second-order valence-electron chi connectivity index (χ2n) is 17.7. The number of furan rings is 1. The maximum absolute atomic E-state index is 6.58. The first-order valence-corrected chi connectivity index (χ1v) is 22.5. The molecule has 0 saturated heterocycles. The van der Waals surface area contributed by atoms with Crippen molar-refractivity contribution in [2.75, 3.05) is 0 Å². The molecular weight excluding hydrogens is 805 g/mol. The fraction of sp³-hybridized carbons (Fsp3) is 0.0656. The van der Waals surface area contributed by atoms with Crippen LogP contribution in [0.2, 0.25) is 0 Å². The standard InChI is InChI=1S/C61H44N4O/c1-38(31-33-53-39(2)48-36-49-45-26-16-17-29-51(45)61(3,4)52(49)37-54(48)65(53)43-23-12-7-13-24-43)42-32-34-55-50(35-42)57-46(28-18-30-56(57)66-55)44-25-14-15-27-47(44)60-63-58(40-19-8-5-9-20-40)62-59(64-60)41-21-10-6-11-22-41/h5-37H,2H2,1,3-4H3/b38-31+,53-33+. The number of hydrogen-bond donors (Lipinski definition) is 0. The zero-order valence-corrected chi connectivity index (χ0v) is 37.0. The van der Waals surface area contributed by atoms with Crippen LogP contribution in [-0.4, -0.2) is 19.5 Å². The number of rotatable bonds is 7. The summed E-state index contributed by atoms with van der Waals surface area (Å²) in [5.74, 6) is 1.85. The van der Waals surface area contributed by atoms with Crippen molar-refractivity contribution in [2.24, 2.45) is 0 Å². The third-order valence-electron chi connectivity index (χ3n) is 13.4. The van der Waals surface area contributed by atoms with Gasteiger partial charge in [-0.2, -0.15) is 0 Å². The molecule has 0 fully saturated rings. The van der Waals surface area contributed by atoms with Crippen LogP contribution in [0.4, 0.5) is 0 Å². The number of para-hydroxylation sites is 1. The SMILES string of the molecule is C=c1/c(=C\C=C(/C)c2ccc3oc4cccc(-c5ccccc5-c5nc(-c6ccccc6)nc(-c6ccccc6)n5)c4c3c2)n(-c2ccccc2)c2cc3c(cc12)-c1ccccc1C3(C)C. The van der Waals surface area contributed by atoms with E-state index in [4.69, 9.17) is 25.9 Å². The van der Waals surface area contributed by atoms with E-state index in [0.717, 1.165) is 88.1 Å². The maximum atomic E-state index is 6.58. The van der Waals surface area contributed by atoms with Crippen molar-refractivity contribution in [1.82, 2.24) is 19.5 Å². The van der Waals surface area contributed by atoms with Crippen LogP contribution in [0, 0.1) is 0 Å². The van der Waals surface area contributed by atoms with Gasteiger partial charge >= 0.3 is 0 Å². The summed E-state index contributed by atoms with van der Waals surface area (Å²) < 4.78 is 8.95. The van der Waals surface area contributed by atoms with Crippen molar-refractivity contribution in [3.63, 3.8) is 0 Å². The Morgan fingerprint density at radius 3 is 1.85 bits per heavy atom. The summed E-state index contributed by atoms with van der Waals surface area (Å²) in [6.07, 6.45) is 4.46. The first-order chi connectivity index (χ1) is 32.3. The van der Waals surface area contributed by atoms with Gasteiger partial charge in [0.05, 0.1) is 10.9 Å². The van der Waals surface area contributed by atoms with Crippen LogP contribution in [0.5, 0.6) is 0 Å². The molecule has 8 aromatic carbocycles. The third-order valence-corrected chi connectivity index (χ3v) is 13.4. The summed E-state index contributed by atoms with van der Waals surface area (Å²) in [5.41, 5.74) is 16.2. The molecule has 0 aliphatic heterocycles. The maximum Gasteiger partial charge on any atom is 0.164 e. The lowest BCUT2D eigenvalue weighted by molar-refractivity contribution is 0.661. The smallest absolute Gasteiger partial charge is 0.164 e. The van der Waals surface area contributed by atoms with Crippen molar-refractivity contribution >= 4 is 51.1 Å². The van der Waals surface area contributed by atoms with Crippen molar-refractivity contribution in [2.45, 2.75) is 26.2 Å². The van der Waals surface area contributed by atoms with Crippen molar-refractivity contribution in [3.8, 4) is 62.1 Å². The van der Waals surface area contributed by atoms with Gasteiger partial charge in [0.15, 0.2) is 17.5 Å². The lowest BCUT2D eigenvalue weighted by Crippen LogP contribution is -2.27. The number of benzene rings is 8. The minimum atomic E-state index is -0.115. The van der Waals surface area contributed by atoms with Gasteiger partial charge in [0, 0.05) is 49.2 Å². The highest BCUT2D eigenvalue weighted by molar-refractivity contribution is 6.14. The molecule has 3 heterocycles. The second kappa shape index (κ2) is 15.4. The third kappa shape index (κ3) is 6.34. The summed E-state index contributed by atoms with van der Waals surface area (Å²) in [7, 11) is 0. The van der Waals surface area contributed by atoms with E-state index < -0.39 is 0 Å². The highest BCUT2D eigenvalue weighted by Crippen LogP contribution is 2.49. The fourth-order valence-corrected chi connectivity index (χ4v) is 10.0. The second-order valence-corrected chi connectivity index (χ2v) is 17.7. The summed E-state index contributed by atoms with van der Waals surface area (Å²) in [5, 5.41) is 5.31. The summed E-state index contributed by atoms with van der Waals surface area (Å²) >= 11 is 0. The zero-order chi connectivity index (χ0) is 44.5. The van der Waals surface area contributed by atoms with Gasteiger partial charge in [0.1, 0.15) is 11.2 Å². The first kappa shape index (κ1) is 39.2. The van der Waals surface area contributed by atoms with Gasteiger partial charge in [0.2, 0.25) is 0 Å². The predicted octanol–water partition coefficient (Wildman–Crippen LogP) is 14.0. The predicted molar refractivity (Wildman–Crippen MR) is 273 cm³/mol. The van der Waals surface area contributed by atoms with Gasteiger partial charge in [-0.1, -0.05) is 172 Å². The molecule has 66 heavy (non-hydrogen) atoms. The lowest BCUT2D eigenvalue weighted by Gasteiger charge is -2.21. The molecule has 0 radical (unpaired) electrons. The zero-order valence-electron chi connectivity index (χ0n) is 37.0. The largest absolute Gasteiger partial charge is 0.456 e. The molecule has 314 valence electrons. The Labute approximate surface area is 383 Å². The van der Waals surface area contributed by atoms with Gasteiger partial charge in [-0.3, -0.25) is 0 Å². The summed E-state index contributed by atoms with van der Waals surface area (Å²) in [6.45, 7) is 11.6. The van der Waals surface area contributed by atoms with Crippen LogP contribution < -0.4 is 10.6 Å². The van der Waals surface area contributed by atoms with Gasteiger partial charge in [-0.05, 0) is 100.0 Å². The number of hydrogen-bond acceptors (Lipinski definition) is 4. The Balaban J connectivity index is 0.997. The number of aromatic nitrogens is 4. The molecule has 0 saturated carbocycles. The lowest BCUT2D eigenvalue weighted by atomic mass is 9.82. The van der Waals surface area contributed by atoms with Crippen molar-refractivity contribution < 1.29 is 4.42 Å². The fourth-order valence-electron chi connectivity index (χ4n) is 10.0. The monoisotopic (exact) mass is 848 g/mol. The van der Waals surface area contributed by atoms with Crippen LogP contribution in [0.3, 0.4) is 0 Å². The average molecular weight is 849 g/mol. The molecule has 0 spiro atoms. The minimum Gasteiger partial charge on any atom is -0.456 e. The van der Waals surface area contributed by atoms with Crippen LogP contribution in [0.25, 0.3) is 113 Å². The molecule has 0 unspecified atom stereocenters. The molecule has 5 nitrogen and oxygen atoms in total. The van der Waals surface area contributed by atoms with Crippen LogP contribution in [-0.2, 0) is 5.41 Å². The Morgan fingerprint density at radius 2 is 1.14 bits per heavy atom. The van der Waals surface area contributed by atoms with E-state index in [-0.39, 0.29) is 5.41 Å². The molecule has 0 amide bonds. The normalized spacial score (nSPS) is 13.4. The van der Waals surface area contributed by atoms with Crippen molar-refractivity contribution in [3.05, 3.63) is 221 Å². The van der Waals surface area contributed by atoms with Gasteiger partial charge in [-0.15, -0.1) is 0 Å². The number of nitrogens with zero attached hydrogens (tertiary/aromatic N) is 4.